The first-order chi connectivity index (χ1) is 8.35. The summed E-state index contributed by atoms with van der Waals surface area (Å²) in [4.78, 5) is 10.3. The Morgan fingerprint density at radius 2 is 1.83 bits per heavy atom. The summed E-state index contributed by atoms with van der Waals surface area (Å²) in [5.41, 5.74) is 0. The number of nitrogens with zero attached hydrogens (tertiary/aromatic N) is 1. The molecule has 0 fully saturated rings. The maximum Gasteiger partial charge on any atom is 0.239 e. The molecule has 0 amide bonds. The molecule has 18 heavy (non-hydrogen) atoms. The van der Waals surface area contributed by atoms with Crippen LogP contribution in [0.3, 0.4) is 0 Å². The molecule has 0 aliphatic heterocycles. The van der Waals surface area contributed by atoms with E-state index in [0.717, 1.165) is 0 Å². The molecule has 1 rings (SSSR count). The third-order valence-electron chi connectivity index (χ3n) is 2.40. The fourth-order valence-corrected chi connectivity index (χ4v) is 4.17. The largest absolute Gasteiger partial charge is 0.322 e. The average molecular weight is 271 g/mol. The minimum atomic E-state index is -3.18. The molecule has 2 unspecified atom stereocenters. The molecule has 2 atom stereocenters. The van der Waals surface area contributed by atoms with Gasteiger partial charge in [-0.3, -0.25) is 14.7 Å². The highest BCUT2D eigenvalue weighted by atomic mass is 31.2. The molecule has 5 nitrogen and oxygen atoms in total. The molecule has 0 saturated heterocycles. The van der Waals surface area contributed by atoms with E-state index in [1.807, 2.05) is 0 Å². The van der Waals surface area contributed by atoms with Crippen molar-refractivity contribution in [2.24, 2.45) is 0 Å². The van der Waals surface area contributed by atoms with Gasteiger partial charge in [-0.15, -0.1) is 0 Å². The van der Waals surface area contributed by atoms with E-state index >= 15 is 0 Å². The van der Waals surface area contributed by atoms with Crippen molar-refractivity contribution in [3.63, 3.8) is 0 Å². The first kappa shape index (κ1) is 14.9. The molecule has 0 aliphatic carbocycles. The highest BCUT2D eigenvalue weighted by molar-refractivity contribution is 7.67. The number of benzene rings is 1. The summed E-state index contributed by atoms with van der Waals surface area (Å²) in [7, 11) is -3.18. The van der Waals surface area contributed by atoms with E-state index in [2.05, 4.69) is 0 Å². The Morgan fingerprint density at radius 3 is 2.28 bits per heavy atom. The monoisotopic (exact) mass is 271 g/mol. The molecule has 0 aromatic heterocycles. The smallest absolute Gasteiger partial charge is 0.239 e. The van der Waals surface area contributed by atoms with Crippen LogP contribution in [0.1, 0.15) is 20.8 Å². The number of nitro groups is 1. The van der Waals surface area contributed by atoms with Gasteiger partial charge in [-0.2, -0.15) is 0 Å². The lowest BCUT2D eigenvalue weighted by atomic mass is 10.4. The van der Waals surface area contributed by atoms with Crippen LogP contribution in [0, 0.1) is 10.1 Å². The summed E-state index contributed by atoms with van der Waals surface area (Å²) in [6.45, 7) is 4.98. The highest BCUT2D eigenvalue weighted by Crippen LogP contribution is 2.47. The van der Waals surface area contributed by atoms with Crippen LogP contribution in [-0.4, -0.2) is 23.2 Å². The van der Waals surface area contributed by atoms with E-state index in [1.165, 1.54) is 6.92 Å². The molecule has 0 spiro atoms. The van der Waals surface area contributed by atoms with Gasteiger partial charge in [-0.05, 0) is 26.0 Å². The van der Waals surface area contributed by atoms with Crippen molar-refractivity contribution in [2.75, 3.05) is 6.16 Å². The molecule has 0 N–H and O–H groups in total. The fraction of sp³-hybridized carbons (Fsp3) is 0.500. The zero-order valence-corrected chi connectivity index (χ0v) is 11.7. The summed E-state index contributed by atoms with van der Waals surface area (Å²) < 4.78 is 18.3. The molecule has 0 bridgehead atoms. The Labute approximate surface area is 107 Å². The van der Waals surface area contributed by atoms with Crippen LogP contribution in [0.25, 0.3) is 0 Å². The van der Waals surface area contributed by atoms with E-state index < -0.39 is 18.3 Å². The van der Waals surface area contributed by atoms with Gasteiger partial charge < -0.3 is 4.52 Å². The van der Waals surface area contributed by atoms with Gasteiger partial charge in [0.05, 0.1) is 12.3 Å². The van der Waals surface area contributed by atoms with Gasteiger partial charge in [0.2, 0.25) is 13.4 Å². The van der Waals surface area contributed by atoms with Crippen molar-refractivity contribution < 1.29 is 14.0 Å². The number of hydrogen-bond donors (Lipinski definition) is 0. The van der Waals surface area contributed by atoms with Crippen LogP contribution >= 0.6 is 7.37 Å². The Balaban J connectivity index is 3.03. The molecule has 0 heterocycles. The molecule has 6 heteroatoms. The fourth-order valence-electron chi connectivity index (χ4n) is 1.62. The van der Waals surface area contributed by atoms with Crippen LogP contribution in [-0.2, 0) is 9.09 Å². The minimum Gasteiger partial charge on any atom is -0.322 e. The molecule has 0 radical (unpaired) electrons. The molecule has 100 valence electrons. The van der Waals surface area contributed by atoms with Gasteiger partial charge in [0.1, 0.15) is 0 Å². The predicted molar refractivity (Wildman–Crippen MR) is 71.2 cm³/mol. The summed E-state index contributed by atoms with van der Waals surface area (Å²) in [6, 6.07) is 7.80. The SMILES string of the molecule is CC(C)OP(=O)(CC(C)[N+](=O)[O-])c1ccccc1. The third kappa shape index (κ3) is 3.93. The first-order valence-corrected chi connectivity index (χ1v) is 7.62. The Bertz CT molecular complexity index is 447. The second-order valence-electron chi connectivity index (χ2n) is 4.48. The van der Waals surface area contributed by atoms with Gasteiger partial charge in [-0.25, -0.2) is 0 Å². The van der Waals surface area contributed by atoms with Crippen LogP contribution in [0.4, 0.5) is 0 Å². The van der Waals surface area contributed by atoms with Crippen molar-refractivity contribution in [1.82, 2.24) is 0 Å². The normalized spacial score (nSPS) is 16.2. The summed E-state index contributed by atoms with van der Waals surface area (Å²) >= 11 is 0. The minimum absolute atomic E-state index is 0.0812. The van der Waals surface area contributed by atoms with Crippen LogP contribution in [0.15, 0.2) is 30.3 Å². The maximum absolute atomic E-state index is 12.8. The molecular weight excluding hydrogens is 253 g/mol. The summed E-state index contributed by atoms with van der Waals surface area (Å²) in [5.74, 6) is 0. The van der Waals surface area contributed by atoms with E-state index in [9.17, 15) is 14.7 Å². The quantitative estimate of drug-likeness (QED) is 0.453. The zero-order valence-electron chi connectivity index (χ0n) is 10.8. The second kappa shape index (κ2) is 6.12. The summed E-state index contributed by atoms with van der Waals surface area (Å²) in [5, 5.41) is 11.3. The van der Waals surface area contributed by atoms with Gasteiger partial charge in [0.25, 0.3) is 0 Å². The average Bonchev–Trinajstić information content (AvgIpc) is 2.28. The molecule has 0 aliphatic rings. The van der Waals surface area contributed by atoms with E-state index in [4.69, 9.17) is 4.52 Å². The van der Waals surface area contributed by atoms with Crippen molar-refractivity contribution in [2.45, 2.75) is 32.9 Å². The lowest BCUT2D eigenvalue weighted by Crippen LogP contribution is -2.25. The molecular formula is C12H18NO4P. The van der Waals surface area contributed by atoms with Crippen molar-refractivity contribution in [3.8, 4) is 0 Å². The topological polar surface area (TPSA) is 69.4 Å². The van der Waals surface area contributed by atoms with Gasteiger partial charge in [0, 0.05) is 17.2 Å². The maximum atomic E-state index is 12.8. The van der Waals surface area contributed by atoms with Crippen LogP contribution < -0.4 is 5.30 Å². The zero-order chi connectivity index (χ0) is 13.8. The Kier molecular flexibility index (Phi) is 5.05. The second-order valence-corrected chi connectivity index (χ2v) is 6.92. The van der Waals surface area contributed by atoms with Crippen LogP contribution in [0.5, 0.6) is 0 Å². The Morgan fingerprint density at radius 1 is 1.28 bits per heavy atom. The standard InChI is InChI=1S/C12H18NO4P/c1-10(2)17-18(16,9-11(3)13(14)15)12-7-5-4-6-8-12/h4-8,10-11H,9H2,1-3H3. The number of rotatable bonds is 6. The van der Waals surface area contributed by atoms with Crippen molar-refractivity contribution in [3.05, 3.63) is 40.4 Å². The number of hydrogen-bond acceptors (Lipinski definition) is 4. The molecule has 0 saturated carbocycles. The van der Waals surface area contributed by atoms with E-state index in [-0.39, 0.29) is 12.3 Å². The molecule has 1 aromatic rings. The van der Waals surface area contributed by atoms with E-state index in [0.29, 0.717) is 5.30 Å². The Hall–Kier alpha value is -1.19. The van der Waals surface area contributed by atoms with Crippen molar-refractivity contribution in [1.29, 1.82) is 0 Å². The van der Waals surface area contributed by atoms with Crippen LogP contribution in [0.2, 0.25) is 0 Å². The summed E-state index contributed by atoms with van der Waals surface area (Å²) in [6.07, 6.45) is -0.322. The van der Waals surface area contributed by atoms with Gasteiger partial charge >= 0.3 is 0 Å². The lowest BCUT2D eigenvalue weighted by molar-refractivity contribution is -0.512. The molecule has 1 aromatic carbocycles. The third-order valence-corrected chi connectivity index (χ3v) is 5.25. The highest BCUT2D eigenvalue weighted by Gasteiger charge is 2.33. The lowest BCUT2D eigenvalue weighted by Gasteiger charge is -2.21. The first-order valence-electron chi connectivity index (χ1n) is 5.82. The van der Waals surface area contributed by atoms with E-state index in [1.54, 1.807) is 44.2 Å². The van der Waals surface area contributed by atoms with Gasteiger partial charge in [0.15, 0.2) is 0 Å². The van der Waals surface area contributed by atoms with Gasteiger partial charge in [-0.1, -0.05) is 18.2 Å². The van der Waals surface area contributed by atoms with Crippen molar-refractivity contribution >= 4 is 12.7 Å². The predicted octanol–water partition coefficient (Wildman–Crippen LogP) is 2.68.